The number of halogens is 2. The summed E-state index contributed by atoms with van der Waals surface area (Å²) in [5.41, 5.74) is 0.612. The highest BCUT2D eigenvalue weighted by Gasteiger charge is 2.20. The molecular weight excluding hydrogens is 396 g/mol. The van der Waals surface area contributed by atoms with E-state index >= 15 is 0 Å². The van der Waals surface area contributed by atoms with Crippen LogP contribution < -0.4 is 16.0 Å². The highest BCUT2D eigenvalue weighted by molar-refractivity contribution is 5.97. The summed E-state index contributed by atoms with van der Waals surface area (Å²) in [5, 5.41) is 7.55. The van der Waals surface area contributed by atoms with Crippen molar-refractivity contribution in [2.45, 2.75) is 39.5 Å². The molecule has 160 valence electrons. The van der Waals surface area contributed by atoms with Gasteiger partial charge in [0.05, 0.1) is 11.3 Å². The van der Waals surface area contributed by atoms with Gasteiger partial charge in [-0.05, 0) is 50.6 Å². The molecule has 3 amide bonds. The molecule has 0 heterocycles. The minimum absolute atomic E-state index is 0.0127. The number of nitrogens with one attached hydrogen (secondary N) is 3. The van der Waals surface area contributed by atoms with Crippen molar-refractivity contribution in [2.75, 3.05) is 5.32 Å². The molecule has 30 heavy (non-hydrogen) atoms. The number of ether oxygens (including phenoxy) is 1. The molecule has 0 bridgehead atoms. The van der Waals surface area contributed by atoms with E-state index < -0.39 is 29.6 Å². The molecule has 0 aliphatic rings. The molecule has 0 saturated heterocycles. The lowest BCUT2D eigenvalue weighted by Crippen LogP contribution is -2.39. The molecule has 0 aliphatic heterocycles. The van der Waals surface area contributed by atoms with Gasteiger partial charge in [0.1, 0.15) is 11.6 Å². The fourth-order valence-electron chi connectivity index (χ4n) is 2.36. The number of rotatable bonds is 7. The van der Waals surface area contributed by atoms with Gasteiger partial charge in [0, 0.05) is 18.7 Å². The molecule has 7 nitrogen and oxygen atoms in total. The maximum atomic E-state index is 13.6. The van der Waals surface area contributed by atoms with E-state index in [9.17, 15) is 23.2 Å². The summed E-state index contributed by atoms with van der Waals surface area (Å²) >= 11 is 0. The predicted molar refractivity (Wildman–Crippen MR) is 107 cm³/mol. The number of anilines is 1. The Hall–Kier alpha value is -3.49. The summed E-state index contributed by atoms with van der Waals surface area (Å²) < 4.78 is 31.9. The van der Waals surface area contributed by atoms with Crippen LogP contribution >= 0.6 is 0 Å². The van der Waals surface area contributed by atoms with Crippen molar-refractivity contribution in [3.63, 3.8) is 0 Å². The topological polar surface area (TPSA) is 96.5 Å². The third-order valence-corrected chi connectivity index (χ3v) is 3.90. The number of carbonyl (C=O) groups is 3. The van der Waals surface area contributed by atoms with Gasteiger partial charge in [-0.1, -0.05) is 12.1 Å². The minimum atomic E-state index is -1.23. The van der Waals surface area contributed by atoms with Crippen LogP contribution in [0.15, 0.2) is 42.5 Å². The van der Waals surface area contributed by atoms with Gasteiger partial charge in [0.2, 0.25) is 0 Å². The van der Waals surface area contributed by atoms with Gasteiger partial charge in [0.25, 0.3) is 5.91 Å². The Morgan fingerprint density at radius 2 is 1.67 bits per heavy atom. The minimum Gasteiger partial charge on any atom is -0.449 e. The summed E-state index contributed by atoms with van der Waals surface area (Å²) in [4.78, 5) is 35.9. The Kier molecular flexibility index (Phi) is 7.85. The Morgan fingerprint density at radius 1 is 1.00 bits per heavy atom. The molecule has 0 fully saturated rings. The fourth-order valence-corrected chi connectivity index (χ4v) is 2.36. The molecule has 0 aromatic heterocycles. The number of hydrogen-bond donors (Lipinski definition) is 3. The Bertz CT molecular complexity index is 917. The molecule has 0 saturated carbocycles. The zero-order valence-corrected chi connectivity index (χ0v) is 16.8. The van der Waals surface area contributed by atoms with Crippen LogP contribution in [0.4, 0.5) is 19.3 Å². The average Bonchev–Trinajstić information content (AvgIpc) is 2.69. The Morgan fingerprint density at radius 3 is 2.30 bits per heavy atom. The molecule has 0 aliphatic carbocycles. The lowest BCUT2D eigenvalue weighted by molar-refractivity contribution is -0.123. The second-order valence-corrected chi connectivity index (χ2v) is 6.84. The van der Waals surface area contributed by atoms with Crippen LogP contribution in [0.3, 0.4) is 0 Å². The van der Waals surface area contributed by atoms with Crippen LogP contribution in [-0.2, 0) is 16.1 Å². The molecule has 0 radical (unpaired) electrons. The van der Waals surface area contributed by atoms with Gasteiger partial charge in [-0.2, -0.15) is 0 Å². The van der Waals surface area contributed by atoms with Gasteiger partial charge < -0.3 is 20.7 Å². The van der Waals surface area contributed by atoms with E-state index in [0.29, 0.717) is 0 Å². The molecule has 2 rings (SSSR count). The first-order chi connectivity index (χ1) is 14.2. The van der Waals surface area contributed by atoms with E-state index in [4.69, 9.17) is 4.74 Å². The second-order valence-electron chi connectivity index (χ2n) is 6.84. The van der Waals surface area contributed by atoms with Crippen molar-refractivity contribution < 1.29 is 27.9 Å². The quantitative estimate of drug-likeness (QED) is 0.600. The van der Waals surface area contributed by atoms with E-state index in [-0.39, 0.29) is 29.9 Å². The van der Waals surface area contributed by atoms with Crippen molar-refractivity contribution in [2.24, 2.45) is 0 Å². The third kappa shape index (κ3) is 6.84. The molecule has 2 aromatic carbocycles. The molecular formula is C21H23F2N3O4. The lowest BCUT2D eigenvalue weighted by atomic mass is 10.1. The van der Waals surface area contributed by atoms with Crippen LogP contribution in [-0.4, -0.2) is 30.1 Å². The van der Waals surface area contributed by atoms with E-state index in [1.807, 2.05) is 13.8 Å². The Balaban J connectivity index is 1.89. The fraction of sp³-hybridized carbons (Fsp3) is 0.286. The standard InChI is InChI=1S/C21H23F2N3O4/c1-12(2)25-21(29)24-11-14-4-6-15(7-5-14)20(28)30-13(3)19(27)26-18-10-16(22)8-9-17(18)23/h4-10,12-13H,11H2,1-3H3,(H,26,27)(H2,24,25,29)/t13-/m0/s1. The van der Waals surface area contributed by atoms with Crippen molar-refractivity contribution in [3.8, 4) is 0 Å². The van der Waals surface area contributed by atoms with Crippen LogP contribution in [0.1, 0.15) is 36.7 Å². The van der Waals surface area contributed by atoms with Gasteiger partial charge in [-0.15, -0.1) is 0 Å². The summed E-state index contributed by atoms with van der Waals surface area (Å²) in [7, 11) is 0. The first-order valence-electron chi connectivity index (χ1n) is 9.26. The smallest absolute Gasteiger partial charge is 0.338 e. The number of carbonyl (C=O) groups excluding carboxylic acids is 3. The molecule has 2 aromatic rings. The number of esters is 1. The monoisotopic (exact) mass is 419 g/mol. The van der Waals surface area contributed by atoms with Gasteiger partial charge in [0.15, 0.2) is 6.10 Å². The van der Waals surface area contributed by atoms with Crippen molar-refractivity contribution >= 4 is 23.6 Å². The largest absolute Gasteiger partial charge is 0.449 e. The summed E-state index contributed by atoms with van der Waals surface area (Å²) in [6.45, 7) is 5.27. The number of benzene rings is 2. The van der Waals surface area contributed by atoms with Crippen LogP contribution in [0, 0.1) is 11.6 Å². The number of amides is 3. The third-order valence-electron chi connectivity index (χ3n) is 3.90. The van der Waals surface area contributed by atoms with Crippen LogP contribution in [0.25, 0.3) is 0 Å². The highest BCUT2D eigenvalue weighted by Crippen LogP contribution is 2.16. The highest BCUT2D eigenvalue weighted by atomic mass is 19.1. The molecule has 3 N–H and O–H groups in total. The zero-order valence-electron chi connectivity index (χ0n) is 16.8. The normalized spacial score (nSPS) is 11.5. The van der Waals surface area contributed by atoms with Gasteiger partial charge >= 0.3 is 12.0 Å². The SMILES string of the molecule is CC(C)NC(=O)NCc1ccc(C(=O)O[C@@H](C)C(=O)Nc2cc(F)ccc2F)cc1. The van der Waals surface area contributed by atoms with Crippen molar-refractivity contribution in [3.05, 3.63) is 65.2 Å². The lowest BCUT2D eigenvalue weighted by Gasteiger charge is -2.14. The first kappa shape index (κ1) is 22.8. The van der Waals surface area contributed by atoms with E-state index in [1.165, 1.54) is 19.1 Å². The van der Waals surface area contributed by atoms with Crippen LogP contribution in [0.2, 0.25) is 0 Å². The Labute approximate surface area is 172 Å². The molecule has 1 atom stereocenters. The first-order valence-corrected chi connectivity index (χ1v) is 9.26. The molecule has 9 heteroatoms. The summed E-state index contributed by atoms with van der Waals surface area (Å²) in [6, 6.07) is 8.61. The predicted octanol–water partition coefficient (Wildman–Crippen LogP) is 3.36. The van der Waals surface area contributed by atoms with Gasteiger partial charge in [-0.25, -0.2) is 18.4 Å². The molecule has 0 unspecified atom stereocenters. The zero-order chi connectivity index (χ0) is 22.3. The average molecular weight is 419 g/mol. The number of urea groups is 1. The maximum absolute atomic E-state index is 13.6. The second kappa shape index (κ2) is 10.3. The van der Waals surface area contributed by atoms with E-state index in [1.54, 1.807) is 12.1 Å². The maximum Gasteiger partial charge on any atom is 0.338 e. The van der Waals surface area contributed by atoms with Gasteiger partial charge in [-0.3, -0.25) is 4.79 Å². The molecule has 0 spiro atoms. The van der Waals surface area contributed by atoms with E-state index in [0.717, 1.165) is 23.8 Å². The van der Waals surface area contributed by atoms with Crippen LogP contribution in [0.5, 0.6) is 0 Å². The number of hydrogen-bond acceptors (Lipinski definition) is 4. The summed E-state index contributed by atoms with van der Waals surface area (Å²) in [6.07, 6.45) is -1.23. The van der Waals surface area contributed by atoms with Crippen molar-refractivity contribution in [1.82, 2.24) is 10.6 Å². The van der Waals surface area contributed by atoms with Crippen molar-refractivity contribution in [1.29, 1.82) is 0 Å². The summed E-state index contributed by atoms with van der Waals surface area (Å²) in [5.74, 6) is -3.08. The van der Waals surface area contributed by atoms with E-state index in [2.05, 4.69) is 16.0 Å².